The molecular weight excluding hydrogens is 287 g/mol. The first-order valence-corrected chi connectivity index (χ1v) is 6.72. The van der Waals surface area contributed by atoms with Gasteiger partial charge >= 0.3 is 0 Å². The number of para-hydroxylation sites is 1. The van der Waals surface area contributed by atoms with Crippen molar-refractivity contribution in [2.75, 3.05) is 11.9 Å². The summed E-state index contributed by atoms with van der Waals surface area (Å²) < 4.78 is 18.8. The van der Waals surface area contributed by atoms with Gasteiger partial charge in [0.15, 0.2) is 6.61 Å². The van der Waals surface area contributed by atoms with E-state index in [1.807, 2.05) is 0 Å². The molecule has 0 bridgehead atoms. The molecule has 0 unspecified atom stereocenters. The molecule has 1 heterocycles. The first-order chi connectivity index (χ1) is 10.6. The molecule has 6 heteroatoms. The molecule has 112 valence electrons. The van der Waals surface area contributed by atoms with Crippen LogP contribution in [0.1, 0.15) is 15.9 Å². The molecular formula is C16H13FN2O3. The topological polar surface area (TPSA) is 67.4 Å². The van der Waals surface area contributed by atoms with Crippen molar-refractivity contribution in [3.63, 3.8) is 0 Å². The van der Waals surface area contributed by atoms with Gasteiger partial charge in [0.05, 0.1) is 11.3 Å². The molecule has 0 atom stereocenters. The van der Waals surface area contributed by atoms with E-state index in [1.54, 1.807) is 36.4 Å². The van der Waals surface area contributed by atoms with Gasteiger partial charge in [0, 0.05) is 12.1 Å². The second-order valence-corrected chi connectivity index (χ2v) is 4.79. The number of ether oxygens (including phenoxy) is 1. The maximum absolute atomic E-state index is 13.5. The van der Waals surface area contributed by atoms with Crippen molar-refractivity contribution >= 4 is 17.5 Å². The second-order valence-electron chi connectivity index (χ2n) is 4.79. The molecule has 0 saturated heterocycles. The van der Waals surface area contributed by atoms with E-state index in [0.29, 0.717) is 17.0 Å². The summed E-state index contributed by atoms with van der Waals surface area (Å²) in [4.78, 5) is 23.7. The highest BCUT2D eigenvalue weighted by Gasteiger charge is 2.22. The summed E-state index contributed by atoms with van der Waals surface area (Å²) in [6.07, 6.45) is 0. The number of halogens is 1. The minimum absolute atomic E-state index is 0.0595. The third-order valence-electron chi connectivity index (χ3n) is 3.29. The number of hydrogen-bond donors (Lipinski definition) is 2. The van der Waals surface area contributed by atoms with Crippen LogP contribution in [0.3, 0.4) is 0 Å². The van der Waals surface area contributed by atoms with Crippen LogP contribution >= 0.6 is 0 Å². The molecule has 0 aromatic heterocycles. The van der Waals surface area contributed by atoms with Gasteiger partial charge < -0.3 is 15.4 Å². The Balaban J connectivity index is 1.79. The normalized spacial score (nSPS) is 12.9. The molecule has 0 radical (unpaired) electrons. The molecule has 0 saturated carbocycles. The number of carbonyl (C=O) groups excluding carboxylic acids is 2. The van der Waals surface area contributed by atoms with Crippen molar-refractivity contribution in [2.45, 2.75) is 6.54 Å². The van der Waals surface area contributed by atoms with Crippen LogP contribution in [0, 0.1) is 5.82 Å². The average Bonchev–Trinajstić information content (AvgIpc) is 2.53. The third-order valence-corrected chi connectivity index (χ3v) is 3.29. The standard InChI is InChI=1S/C16H13FN2O3/c17-12-6-2-1-4-10(12)8-18-16(21)11-5-3-7-13-15(11)19-14(20)9-22-13/h1-7H,8-9H2,(H,18,21)(H,19,20). The largest absolute Gasteiger partial charge is 0.482 e. The summed E-state index contributed by atoms with van der Waals surface area (Å²) in [5.41, 5.74) is 1.01. The van der Waals surface area contributed by atoms with E-state index in [0.717, 1.165) is 0 Å². The van der Waals surface area contributed by atoms with Crippen LogP contribution in [-0.4, -0.2) is 18.4 Å². The summed E-state index contributed by atoms with van der Waals surface area (Å²) in [6, 6.07) is 11.1. The fraction of sp³-hybridized carbons (Fsp3) is 0.125. The van der Waals surface area contributed by atoms with Gasteiger partial charge in [-0.05, 0) is 18.2 Å². The van der Waals surface area contributed by atoms with Crippen LogP contribution in [0.15, 0.2) is 42.5 Å². The fourth-order valence-electron chi connectivity index (χ4n) is 2.20. The van der Waals surface area contributed by atoms with Gasteiger partial charge in [-0.15, -0.1) is 0 Å². The summed E-state index contributed by atoms with van der Waals surface area (Å²) in [7, 11) is 0. The Morgan fingerprint density at radius 1 is 1.23 bits per heavy atom. The molecule has 0 aliphatic carbocycles. The maximum Gasteiger partial charge on any atom is 0.262 e. The Bertz CT molecular complexity index is 746. The minimum Gasteiger partial charge on any atom is -0.482 e. The van der Waals surface area contributed by atoms with Crippen molar-refractivity contribution in [1.29, 1.82) is 0 Å². The van der Waals surface area contributed by atoms with Crippen molar-refractivity contribution in [2.24, 2.45) is 0 Å². The van der Waals surface area contributed by atoms with E-state index >= 15 is 0 Å². The second kappa shape index (κ2) is 5.85. The lowest BCUT2D eigenvalue weighted by Gasteiger charge is -2.20. The number of fused-ring (bicyclic) bond motifs is 1. The molecule has 2 amide bonds. The van der Waals surface area contributed by atoms with Gasteiger partial charge in [-0.2, -0.15) is 0 Å². The van der Waals surface area contributed by atoms with Crippen LogP contribution in [0.5, 0.6) is 5.75 Å². The number of hydrogen-bond acceptors (Lipinski definition) is 3. The lowest BCUT2D eigenvalue weighted by atomic mass is 10.1. The number of amides is 2. The fourth-order valence-corrected chi connectivity index (χ4v) is 2.20. The predicted molar refractivity (Wildman–Crippen MR) is 78.1 cm³/mol. The number of nitrogens with one attached hydrogen (secondary N) is 2. The van der Waals surface area contributed by atoms with Crippen LogP contribution in [0.2, 0.25) is 0 Å². The monoisotopic (exact) mass is 300 g/mol. The van der Waals surface area contributed by atoms with E-state index in [9.17, 15) is 14.0 Å². The van der Waals surface area contributed by atoms with E-state index in [4.69, 9.17) is 4.74 Å². The Hall–Kier alpha value is -2.89. The SMILES string of the molecule is O=C1COc2cccc(C(=O)NCc3ccccc3F)c2N1. The molecule has 3 rings (SSSR count). The lowest BCUT2D eigenvalue weighted by molar-refractivity contribution is -0.118. The van der Waals surface area contributed by atoms with Crippen molar-refractivity contribution in [3.8, 4) is 5.75 Å². The Kier molecular flexibility index (Phi) is 3.74. The van der Waals surface area contributed by atoms with E-state index < -0.39 is 5.91 Å². The summed E-state index contributed by atoms with van der Waals surface area (Å²) in [5.74, 6) is -0.666. The quantitative estimate of drug-likeness (QED) is 0.912. The summed E-state index contributed by atoms with van der Waals surface area (Å²) in [6.45, 7) is -0.0166. The molecule has 2 N–H and O–H groups in total. The highest BCUT2D eigenvalue weighted by molar-refractivity contribution is 6.06. The summed E-state index contributed by atoms with van der Waals surface area (Å²) >= 11 is 0. The van der Waals surface area contributed by atoms with Gasteiger partial charge in [-0.25, -0.2) is 4.39 Å². The van der Waals surface area contributed by atoms with E-state index in [-0.39, 0.29) is 30.4 Å². The predicted octanol–water partition coefficient (Wildman–Crippen LogP) is 2.09. The zero-order chi connectivity index (χ0) is 15.5. The first-order valence-electron chi connectivity index (χ1n) is 6.72. The van der Waals surface area contributed by atoms with Gasteiger partial charge in [0.2, 0.25) is 0 Å². The number of rotatable bonds is 3. The van der Waals surface area contributed by atoms with Gasteiger partial charge in [-0.3, -0.25) is 9.59 Å². The van der Waals surface area contributed by atoms with Crippen LogP contribution in [0.4, 0.5) is 10.1 Å². The molecule has 5 nitrogen and oxygen atoms in total. The number of benzene rings is 2. The Morgan fingerprint density at radius 3 is 2.86 bits per heavy atom. The molecule has 2 aromatic carbocycles. The zero-order valence-corrected chi connectivity index (χ0v) is 11.6. The average molecular weight is 300 g/mol. The number of carbonyl (C=O) groups is 2. The third kappa shape index (κ3) is 2.76. The van der Waals surface area contributed by atoms with Gasteiger partial charge in [0.25, 0.3) is 11.8 Å². The Morgan fingerprint density at radius 2 is 2.05 bits per heavy atom. The van der Waals surface area contributed by atoms with Crippen molar-refractivity contribution in [1.82, 2.24) is 5.32 Å². The van der Waals surface area contributed by atoms with E-state index in [2.05, 4.69) is 10.6 Å². The summed E-state index contributed by atoms with van der Waals surface area (Å²) in [5, 5.41) is 5.26. The van der Waals surface area contributed by atoms with Crippen molar-refractivity contribution < 1.29 is 18.7 Å². The first kappa shape index (κ1) is 14.1. The maximum atomic E-state index is 13.5. The highest BCUT2D eigenvalue weighted by Crippen LogP contribution is 2.31. The van der Waals surface area contributed by atoms with Crippen molar-refractivity contribution in [3.05, 3.63) is 59.4 Å². The minimum atomic E-state index is -0.411. The highest BCUT2D eigenvalue weighted by atomic mass is 19.1. The molecule has 2 aromatic rings. The Labute approximate surface area is 126 Å². The van der Waals surface area contributed by atoms with Gasteiger partial charge in [-0.1, -0.05) is 24.3 Å². The van der Waals surface area contributed by atoms with Crippen LogP contribution < -0.4 is 15.4 Å². The van der Waals surface area contributed by atoms with E-state index in [1.165, 1.54) is 6.07 Å². The van der Waals surface area contributed by atoms with Crippen LogP contribution in [-0.2, 0) is 11.3 Å². The molecule has 1 aliphatic heterocycles. The molecule has 1 aliphatic rings. The van der Waals surface area contributed by atoms with Gasteiger partial charge in [0.1, 0.15) is 11.6 Å². The molecule has 22 heavy (non-hydrogen) atoms. The lowest BCUT2D eigenvalue weighted by Crippen LogP contribution is -2.29. The zero-order valence-electron chi connectivity index (χ0n) is 11.6. The smallest absolute Gasteiger partial charge is 0.262 e. The molecule has 0 fully saturated rings. The number of anilines is 1. The molecule has 0 spiro atoms. The van der Waals surface area contributed by atoms with Crippen LogP contribution in [0.25, 0.3) is 0 Å².